The second kappa shape index (κ2) is 9.76. The van der Waals surface area contributed by atoms with Gasteiger partial charge in [-0.15, -0.1) is 0 Å². The zero-order chi connectivity index (χ0) is 25.4. The molecule has 0 spiro atoms. The molecule has 192 valence electrons. The molecule has 1 N–H and O–H groups in total. The van der Waals surface area contributed by atoms with E-state index in [0.29, 0.717) is 62.8 Å². The fraction of sp³-hybridized carbons (Fsp3) is 0.462. The molecule has 3 aromatic rings. The maximum atomic E-state index is 15.7. The summed E-state index contributed by atoms with van der Waals surface area (Å²) in [7, 11) is 3.14. The van der Waals surface area contributed by atoms with Crippen LogP contribution in [0.25, 0.3) is 16.9 Å². The molecule has 2 aliphatic rings. The first-order chi connectivity index (χ1) is 17.3. The lowest BCUT2D eigenvalue weighted by Crippen LogP contribution is -2.53. The van der Waals surface area contributed by atoms with Crippen LogP contribution in [-0.4, -0.2) is 80.1 Å². The quantitative estimate of drug-likeness (QED) is 0.561. The van der Waals surface area contributed by atoms with Crippen LogP contribution in [0.4, 0.5) is 13.6 Å². The summed E-state index contributed by atoms with van der Waals surface area (Å²) in [5, 5.41) is 3.10. The lowest BCUT2D eigenvalue weighted by Gasteiger charge is -2.42. The number of benzene rings is 1. The molecule has 2 aromatic heterocycles. The summed E-state index contributed by atoms with van der Waals surface area (Å²) in [6.45, 7) is 4.37. The molecule has 1 atom stereocenters. The third-order valence-electron chi connectivity index (χ3n) is 7.04. The Morgan fingerprint density at radius 1 is 1.28 bits per heavy atom. The lowest BCUT2D eigenvalue weighted by atomic mass is 9.78. The van der Waals surface area contributed by atoms with Crippen LogP contribution >= 0.6 is 0 Å². The Morgan fingerprint density at radius 3 is 2.67 bits per heavy atom. The minimum atomic E-state index is -0.672. The van der Waals surface area contributed by atoms with Crippen molar-refractivity contribution < 1.29 is 27.8 Å². The first kappa shape index (κ1) is 24.6. The lowest BCUT2D eigenvalue weighted by molar-refractivity contribution is -0.0584. The monoisotopic (exact) mass is 500 g/mol. The molecular formula is C26H30F2N4O4. The summed E-state index contributed by atoms with van der Waals surface area (Å²) in [5.41, 5.74) is 2.34. The molecule has 0 unspecified atom stereocenters. The number of rotatable bonds is 6. The van der Waals surface area contributed by atoms with Gasteiger partial charge in [0.05, 0.1) is 61.9 Å². The number of halogens is 2. The largest absolute Gasteiger partial charge is 0.453 e. The summed E-state index contributed by atoms with van der Waals surface area (Å²) in [6, 6.07) is 6.58. The highest BCUT2D eigenvalue weighted by Gasteiger charge is 2.41. The third-order valence-corrected chi connectivity index (χ3v) is 7.04. The van der Waals surface area contributed by atoms with E-state index in [1.807, 2.05) is 29.7 Å². The Morgan fingerprint density at radius 2 is 2.03 bits per heavy atom. The number of ether oxygens (including phenoxy) is 3. The molecule has 2 aliphatic heterocycles. The molecule has 36 heavy (non-hydrogen) atoms. The van der Waals surface area contributed by atoms with E-state index in [1.165, 1.54) is 19.2 Å². The van der Waals surface area contributed by atoms with Gasteiger partial charge in [-0.2, -0.15) is 0 Å². The number of carbonyl (C=O) groups excluding carboxylic acids is 1. The van der Waals surface area contributed by atoms with Crippen LogP contribution in [-0.2, 0) is 26.0 Å². The molecule has 4 heterocycles. The first-order valence-electron chi connectivity index (χ1n) is 12.0. The molecule has 1 aromatic carbocycles. The van der Waals surface area contributed by atoms with Gasteiger partial charge in [-0.1, -0.05) is 0 Å². The molecular weight excluding hydrogens is 470 g/mol. The van der Waals surface area contributed by atoms with Gasteiger partial charge in [-0.05, 0) is 49.4 Å². The number of methoxy groups -OCH3 is 1. The minimum Gasteiger partial charge on any atom is -0.453 e. The van der Waals surface area contributed by atoms with E-state index >= 15 is 8.78 Å². The SMILES string of the molecule is CNCC1(c2cc(F)c(-c3nc4cc(C)ccn4c3C[C@H]3CN(C(=O)OC)CCO3)c(F)c2)COC1. The summed E-state index contributed by atoms with van der Waals surface area (Å²) in [4.78, 5) is 18.3. The summed E-state index contributed by atoms with van der Waals surface area (Å²) < 4.78 is 49.3. The van der Waals surface area contributed by atoms with E-state index in [4.69, 9.17) is 14.2 Å². The van der Waals surface area contributed by atoms with Crippen molar-refractivity contribution in [2.24, 2.45) is 0 Å². The summed E-state index contributed by atoms with van der Waals surface area (Å²) >= 11 is 0. The highest BCUT2D eigenvalue weighted by Crippen LogP contribution is 2.37. The second-order valence-electron chi connectivity index (χ2n) is 9.57. The Hall–Kier alpha value is -3.08. The van der Waals surface area contributed by atoms with Gasteiger partial charge in [0.25, 0.3) is 0 Å². The molecule has 0 radical (unpaired) electrons. The van der Waals surface area contributed by atoms with Gasteiger partial charge < -0.3 is 28.8 Å². The number of hydrogen-bond acceptors (Lipinski definition) is 6. The van der Waals surface area contributed by atoms with E-state index in [2.05, 4.69) is 10.3 Å². The topological polar surface area (TPSA) is 77.3 Å². The number of nitrogens with zero attached hydrogens (tertiary/aromatic N) is 3. The van der Waals surface area contributed by atoms with Gasteiger partial charge in [-0.25, -0.2) is 18.6 Å². The maximum Gasteiger partial charge on any atom is 0.409 e. The van der Waals surface area contributed by atoms with Gasteiger partial charge >= 0.3 is 6.09 Å². The van der Waals surface area contributed by atoms with E-state index in [9.17, 15) is 4.79 Å². The normalized spacial score (nSPS) is 19.4. The molecule has 5 rings (SSSR count). The van der Waals surface area contributed by atoms with Crippen molar-refractivity contribution in [2.45, 2.75) is 24.9 Å². The fourth-order valence-corrected chi connectivity index (χ4v) is 5.11. The highest BCUT2D eigenvalue weighted by atomic mass is 19.1. The van der Waals surface area contributed by atoms with Crippen LogP contribution < -0.4 is 5.32 Å². The van der Waals surface area contributed by atoms with Crippen LogP contribution in [0.15, 0.2) is 30.5 Å². The first-order valence-corrected chi connectivity index (χ1v) is 12.0. The predicted octanol–water partition coefficient (Wildman–Crippen LogP) is 3.09. The highest BCUT2D eigenvalue weighted by molar-refractivity contribution is 5.69. The average Bonchev–Trinajstić information content (AvgIpc) is 3.17. The van der Waals surface area contributed by atoms with Crippen LogP contribution in [0.1, 0.15) is 16.8 Å². The predicted molar refractivity (Wildman–Crippen MR) is 129 cm³/mol. The number of aromatic nitrogens is 2. The Kier molecular flexibility index (Phi) is 6.67. The van der Waals surface area contributed by atoms with Crippen LogP contribution in [0.3, 0.4) is 0 Å². The molecule has 0 aliphatic carbocycles. The van der Waals surface area contributed by atoms with Crippen molar-refractivity contribution in [3.05, 3.63) is 58.9 Å². The number of imidazole rings is 1. The number of amides is 1. The standard InChI is InChI=1S/C26H30F2N4O4/c1-16-4-5-32-21(11-18-12-31(6-7-36-18)25(33)34-3)24(30-22(32)8-16)23-19(27)9-17(10-20(23)28)26(13-29-2)14-35-15-26/h4-5,8-10,18,29H,6-7,11-15H2,1-3H3/t18-/m0/s1. The molecule has 0 bridgehead atoms. The van der Waals surface area contributed by atoms with E-state index in [0.717, 1.165) is 5.56 Å². The van der Waals surface area contributed by atoms with Crippen LogP contribution in [0.2, 0.25) is 0 Å². The van der Waals surface area contributed by atoms with Crippen molar-refractivity contribution in [1.82, 2.24) is 19.6 Å². The van der Waals surface area contributed by atoms with E-state index < -0.39 is 23.1 Å². The summed E-state index contributed by atoms with van der Waals surface area (Å²) in [6.07, 6.45) is 1.34. The smallest absolute Gasteiger partial charge is 0.409 e. The second-order valence-corrected chi connectivity index (χ2v) is 9.57. The molecule has 2 fully saturated rings. The van der Waals surface area contributed by atoms with Crippen molar-refractivity contribution in [3.63, 3.8) is 0 Å². The number of nitrogens with one attached hydrogen (secondary N) is 1. The Bertz CT molecular complexity index is 1270. The van der Waals surface area contributed by atoms with Gasteiger partial charge in [0.1, 0.15) is 17.3 Å². The van der Waals surface area contributed by atoms with Crippen LogP contribution in [0.5, 0.6) is 0 Å². The van der Waals surface area contributed by atoms with E-state index in [-0.39, 0.29) is 17.4 Å². The van der Waals surface area contributed by atoms with Gasteiger partial charge in [0, 0.05) is 25.7 Å². The van der Waals surface area contributed by atoms with Gasteiger partial charge in [0.15, 0.2) is 0 Å². The number of likely N-dealkylation sites (N-methyl/N-ethyl adjacent to an activating group) is 1. The van der Waals surface area contributed by atoms with E-state index in [1.54, 1.807) is 11.9 Å². The van der Waals surface area contributed by atoms with Crippen molar-refractivity contribution in [3.8, 4) is 11.3 Å². The zero-order valence-electron chi connectivity index (χ0n) is 20.6. The Balaban J connectivity index is 1.56. The van der Waals surface area contributed by atoms with Crippen molar-refractivity contribution in [1.29, 1.82) is 0 Å². The number of aryl methyl sites for hydroxylation is 1. The van der Waals surface area contributed by atoms with Gasteiger partial charge in [0.2, 0.25) is 0 Å². The summed E-state index contributed by atoms with van der Waals surface area (Å²) in [5.74, 6) is -1.34. The zero-order valence-corrected chi connectivity index (χ0v) is 20.6. The maximum absolute atomic E-state index is 15.7. The fourth-order valence-electron chi connectivity index (χ4n) is 5.11. The minimum absolute atomic E-state index is 0.171. The molecule has 2 saturated heterocycles. The molecule has 8 nitrogen and oxygen atoms in total. The van der Waals surface area contributed by atoms with Crippen molar-refractivity contribution >= 4 is 11.7 Å². The number of pyridine rings is 1. The van der Waals surface area contributed by atoms with Crippen molar-refractivity contribution in [2.75, 3.05) is 53.6 Å². The number of morpholine rings is 1. The van der Waals surface area contributed by atoms with Gasteiger partial charge in [-0.3, -0.25) is 0 Å². The molecule has 0 saturated carbocycles. The number of carbonyl (C=O) groups is 1. The average molecular weight is 501 g/mol. The van der Waals surface area contributed by atoms with Crippen LogP contribution in [0, 0.1) is 18.6 Å². The third kappa shape index (κ3) is 4.33. The Labute approximate surface area is 208 Å². The molecule has 1 amide bonds. The number of hydrogen-bond donors (Lipinski definition) is 1. The number of fused-ring (bicyclic) bond motifs is 1. The molecule has 10 heteroatoms.